The molecule has 3 nitrogen and oxygen atoms in total. The second kappa shape index (κ2) is 5.47. The van der Waals surface area contributed by atoms with Crippen LogP contribution < -0.4 is 5.32 Å². The maximum absolute atomic E-state index is 12.8. The van der Waals surface area contributed by atoms with E-state index >= 15 is 0 Å². The van der Waals surface area contributed by atoms with Crippen molar-refractivity contribution in [3.05, 3.63) is 53.6 Å². The first-order chi connectivity index (χ1) is 9.77. The molecule has 0 radical (unpaired) electrons. The van der Waals surface area contributed by atoms with E-state index < -0.39 is 17.8 Å². The average Bonchev–Trinajstić information content (AvgIpc) is 2.39. The van der Waals surface area contributed by atoms with Gasteiger partial charge in [0.05, 0.1) is 11.3 Å². The molecule has 0 atom stereocenters. The first-order valence-corrected chi connectivity index (χ1v) is 6.05. The Balaban J connectivity index is 2.55. The molecule has 0 heterocycles. The Morgan fingerprint density at radius 2 is 1.86 bits per heavy atom. The number of halogens is 3. The molecule has 0 aliphatic carbocycles. The van der Waals surface area contributed by atoms with E-state index in [4.69, 9.17) is 5.11 Å². The predicted octanol–water partition coefficient (Wildman–Crippen LogP) is 4.77. The van der Waals surface area contributed by atoms with Crippen molar-refractivity contribution in [3.63, 3.8) is 0 Å². The van der Waals surface area contributed by atoms with Gasteiger partial charge in [0.1, 0.15) is 0 Å². The summed E-state index contributed by atoms with van der Waals surface area (Å²) in [7, 11) is 0. The first kappa shape index (κ1) is 14.9. The van der Waals surface area contributed by atoms with E-state index in [1.54, 1.807) is 19.1 Å². The van der Waals surface area contributed by atoms with Crippen molar-refractivity contribution in [2.75, 3.05) is 5.32 Å². The largest absolute Gasteiger partial charge is 0.465 e. The fourth-order valence-corrected chi connectivity index (χ4v) is 1.98. The SMILES string of the molecule is Cc1ccc(NC(=O)O)c(-c2cccc(C(F)(F)F)c2)c1. The van der Waals surface area contributed by atoms with E-state index in [-0.39, 0.29) is 5.69 Å². The average molecular weight is 295 g/mol. The van der Waals surface area contributed by atoms with E-state index in [1.807, 2.05) is 0 Å². The molecule has 110 valence electrons. The van der Waals surface area contributed by atoms with E-state index in [0.29, 0.717) is 11.1 Å². The minimum Gasteiger partial charge on any atom is -0.465 e. The van der Waals surface area contributed by atoms with Gasteiger partial charge < -0.3 is 5.11 Å². The van der Waals surface area contributed by atoms with Gasteiger partial charge in [-0.05, 0) is 36.8 Å². The lowest BCUT2D eigenvalue weighted by atomic mass is 9.99. The maximum Gasteiger partial charge on any atom is 0.416 e. The highest BCUT2D eigenvalue weighted by atomic mass is 19.4. The van der Waals surface area contributed by atoms with Crippen molar-refractivity contribution < 1.29 is 23.1 Å². The highest BCUT2D eigenvalue weighted by Crippen LogP contribution is 2.34. The fraction of sp³-hybridized carbons (Fsp3) is 0.133. The highest BCUT2D eigenvalue weighted by Gasteiger charge is 2.30. The number of rotatable bonds is 2. The van der Waals surface area contributed by atoms with Crippen LogP contribution in [-0.2, 0) is 6.18 Å². The number of alkyl halides is 3. The molecule has 2 aromatic carbocycles. The predicted molar refractivity (Wildman–Crippen MR) is 73.3 cm³/mol. The topological polar surface area (TPSA) is 49.3 Å². The zero-order chi connectivity index (χ0) is 15.6. The van der Waals surface area contributed by atoms with Crippen molar-refractivity contribution in [2.24, 2.45) is 0 Å². The van der Waals surface area contributed by atoms with Crippen LogP contribution in [0.3, 0.4) is 0 Å². The standard InChI is InChI=1S/C15H12F3NO2/c1-9-5-6-13(19-14(20)21)12(7-9)10-3-2-4-11(8-10)15(16,17)18/h2-8,19H,1H3,(H,20,21). The third kappa shape index (κ3) is 3.53. The van der Waals surface area contributed by atoms with Crippen LogP contribution in [0.15, 0.2) is 42.5 Å². The summed E-state index contributed by atoms with van der Waals surface area (Å²) >= 11 is 0. The summed E-state index contributed by atoms with van der Waals surface area (Å²) in [5.41, 5.74) is 0.995. The molecule has 0 aromatic heterocycles. The van der Waals surface area contributed by atoms with E-state index in [0.717, 1.165) is 17.7 Å². The number of aryl methyl sites for hydroxylation is 1. The third-order valence-electron chi connectivity index (χ3n) is 2.92. The Morgan fingerprint density at radius 1 is 1.14 bits per heavy atom. The van der Waals surface area contributed by atoms with Crippen molar-refractivity contribution in [3.8, 4) is 11.1 Å². The smallest absolute Gasteiger partial charge is 0.416 e. The molecule has 6 heteroatoms. The monoisotopic (exact) mass is 295 g/mol. The van der Waals surface area contributed by atoms with Crippen LogP contribution in [0, 0.1) is 6.92 Å². The molecule has 0 aliphatic rings. The summed E-state index contributed by atoms with van der Waals surface area (Å²) in [6.45, 7) is 1.78. The minimum absolute atomic E-state index is 0.243. The summed E-state index contributed by atoms with van der Waals surface area (Å²) in [5, 5.41) is 11.0. The highest BCUT2D eigenvalue weighted by molar-refractivity contribution is 5.90. The zero-order valence-electron chi connectivity index (χ0n) is 11.0. The van der Waals surface area contributed by atoms with Gasteiger partial charge in [-0.25, -0.2) is 4.79 Å². The number of carbonyl (C=O) groups is 1. The van der Waals surface area contributed by atoms with Crippen molar-refractivity contribution in [1.82, 2.24) is 0 Å². The Kier molecular flexibility index (Phi) is 3.88. The lowest BCUT2D eigenvalue weighted by Gasteiger charge is -2.13. The van der Waals surface area contributed by atoms with Gasteiger partial charge in [-0.3, -0.25) is 5.32 Å². The number of hydrogen-bond donors (Lipinski definition) is 2. The second-order valence-corrected chi connectivity index (χ2v) is 4.56. The van der Waals surface area contributed by atoms with Crippen molar-refractivity contribution in [1.29, 1.82) is 0 Å². The molecular formula is C15H12F3NO2. The van der Waals surface area contributed by atoms with Crippen LogP contribution in [0.2, 0.25) is 0 Å². The summed E-state index contributed by atoms with van der Waals surface area (Å²) in [6.07, 6.45) is -5.72. The maximum atomic E-state index is 12.8. The molecule has 1 amide bonds. The summed E-state index contributed by atoms with van der Waals surface area (Å²) in [4.78, 5) is 10.8. The molecule has 0 spiro atoms. The molecule has 2 rings (SSSR count). The van der Waals surface area contributed by atoms with Gasteiger partial charge in [0, 0.05) is 5.56 Å². The number of amides is 1. The molecule has 2 aromatic rings. The van der Waals surface area contributed by atoms with Gasteiger partial charge in [-0.15, -0.1) is 0 Å². The number of anilines is 1. The lowest BCUT2D eigenvalue weighted by molar-refractivity contribution is -0.137. The summed E-state index contributed by atoms with van der Waals surface area (Å²) in [5.74, 6) is 0. The third-order valence-corrected chi connectivity index (χ3v) is 2.92. The van der Waals surface area contributed by atoms with Gasteiger partial charge >= 0.3 is 12.3 Å². The van der Waals surface area contributed by atoms with Gasteiger partial charge in [0.25, 0.3) is 0 Å². The Hall–Kier alpha value is -2.50. The molecular weight excluding hydrogens is 283 g/mol. The molecule has 21 heavy (non-hydrogen) atoms. The summed E-state index contributed by atoms with van der Waals surface area (Å²) < 4.78 is 38.3. The molecule has 0 saturated heterocycles. The molecule has 0 aliphatic heterocycles. The quantitative estimate of drug-likeness (QED) is 0.838. The van der Waals surface area contributed by atoms with E-state index in [1.165, 1.54) is 18.2 Å². The molecule has 0 saturated carbocycles. The second-order valence-electron chi connectivity index (χ2n) is 4.56. The van der Waals surface area contributed by atoms with Gasteiger partial charge in [-0.1, -0.05) is 23.8 Å². The zero-order valence-corrected chi connectivity index (χ0v) is 11.0. The Labute approximate surface area is 119 Å². The van der Waals surface area contributed by atoms with E-state index in [9.17, 15) is 18.0 Å². The normalized spacial score (nSPS) is 11.2. The van der Waals surface area contributed by atoms with Crippen LogP contribution in [0.5, 0.6) is 0 Å². The van der Waals surface area contributed by atoms with Gasteiger partial charge in [0.15, 0.2) is 0 Å². The van der Waals surface area contributed by atoms with Crippen LogP contribution in [0.4, 0.5) is 23.7 Å². The Morgan fingerprint density at radius 3 is 2.48 bits per heavy atom. The number of hydrogen-bond acceptors (Lipinski definition) is 1. The minimum atomic E-state index is -4.44. The van der Waals surface area contributed by atoms with Gasteiger partial charge in [0.2, 0.25) is 0 Å². The number of carboxylic acid groups (broad SMARTS) is 1. The van der Waals surface area contributed by atoms with Crippen LogP contribution in [0.25, 0.3) is 11.1 Å². The number of benzene rings is 2. The van der Waals surface area contributed by atoms with Crippen LogP contribution in [-0.4, -0.2) is 11.2 Å². The molecule has 0 unspecified atom stereocenters. The van der Waals surface area contributed by atoms with Crippen LogP contribution >= 0.6 is 0 Å². The van der Waals surface area contributed by atoms with Crippen molar-refractivity contribution in [2.45, 2.75) is 13.1 Å². The molecule has 2 N–H and O–H groups in total. The molecule has 0 fully saturated rings. The number of nitrogens with one attached hydrogen (secondary N) is 1. The fourth-order valence-electron chi connectivity index (χ4n) is 1.98. The van der Waals surface area contributed by atoms with E-state index in [2.05, 4.69) is 5.32 Å². The summed E-state index contributed by atoms with van der Waals surface area (Å²) in [6, 6.07) is 9.63. The Bertz CT molecular complexity index is 681. The first-order valence-electron chi connectivity index (χ1n) is 6.05. The van der Waals surface area contributed by atoms with Crippen LogP contribution in [0.1, 0.15) is 11.1 Å². The lowest BCUT2D eigenvalue weighted by Crippen LogP contribution is -2.09. The molecule has 0 bridgehead atoms. The van der Waals surface area contributed by atoms with Gasteiger partial charge in [-0.2, -0.15) is 13.2 Å². The van der Waals surface area contributed by atoms with Crippen molar-refractivity contribution >= 4 is 11.8 Å².